The first-order chi connectivity index (χ1) is 11.7. The lowest BCUT2D eigenvalue weighted by molar-refractivity contribution is 0.0697. The minimum absolute atomic E-state index is 0.274. The molecule has 118 valence electrons. The van der Waals surface area contributed by atoms with Crippen LogP contribution in [0.3, 0.4) is 0 Å². The maximum Gasteiger partial charge on any atom is 0.335 e. The second-order valence-corrected chi connectivity index (χ2v) is 5.57. The number of carboxylic acids is 1. The smallest absolute Gasteiger partial charge is 0.335 e. The SMILES string of the molecule is O=C(O)c1ccc(Cn2cc(-c3cc4ccccc4[nH]3)nn2)cc1. The van der Waals surface area contributed by atoms with Gasteiger partial charge in [-0.1, -0.05) is 35.5 Å². The molecule has 6 nitrogen and oxygen atoms in total. The molecule has 2 N–H and O–H groups in total. The highest BCUT2D eigenvalue weighted by Gasteiger charge is 2.08. The van der Waals surface area contributed by atoms with Gasteiger partial charge in [-0.25, -0.2) is 9.48 Å². The van der Waals surface area contributed by atoms with Crippen LogP contribution in [0, 0.1) is 0 Å². The molecule has 24 heavy (non-hydrogen) atoms. The minimum Gasteiger partial charge on any atom is -0.478 e. The third kappa shape index (κ3) is 2.65. The summed E-state index contributed by atoms with van der Waals surface area (Å²) in [5.74, 6) is -0.927. The third-order valence-electron chi connectivity index (χ3n) is 3.89. The van der Waals surface area contributed by atoms with Gasteiger partial charge in [0.15, 0.2) is 0 Å². The number of hydrogen-bond acceptors (Lipinski definition) is 3. The largest absolute Gasteiger partial charge is 0.478 e. The number of nitrogens with zero attached hydrogens (tertiary/aromatic N) is 3. The van der Waals surface area contributed by atoms with Crippen molar-refractivity contribution in [2.75, 3.05) is 0 Å². The van der Waals surface area contributed by atoms with Crippen LogP contribution in [0.5, 0.6) is 0 Å². The molecule has 4 rings (SSSR count). The number of hydrogen-bond donors (Lipinski definition) is 2. The Balaban J connectivity index is 1.57. The predicted molar refractivity (Wildman–Crippen MR) is 89.8 cm³/mol. The van der Waals surface area contributed by atoms with Gasteiger partial charge in [0, 0.05) is 10.9 Å². The van der Waals surface area contributed by atoms with Gasteiger partial charge in [0.1, 0.15) is 5.69 Å². The van der Waals surface area contributed by atoms with E-state index < -0.39 is 5.97 Å². The molecule has 0 aliphatic carbocycles. The fourth-order valence-corrected chi connectivity index (χ4v) is 2.65. The van der Waals surface area contributed by atoms with Crippen LogP contribution >= 0.6 is 0 Å². The zero-order valence-corrected chi connectivity index (χ0v) is 12.7. The molecule has 0 aliphatic heterocycles. The number of H-pyrrole nitrogens is 1. The molecular weight excluding hydrogens is 304 g/mol. The zero-order valence-electron chi connectivity index (χ0n) is 12.7. The third-order valence-corrected chi connectivity index (χ3v) is 3.89. The van der Waals surface area contributed by atoms with Crippen LogP contribution in [0.25, 0.3) is 22.3 Å². The molecule has 0 spiro atoms. The van der Waals surface area contributed by atoms with Crippen LogP contribution in [0.4, 0.5) is 0 Å². The first kappa shape index (κ1) is 14.2. The molecule has 0 saturated heterocycles. The summed E-state index contributed by atoms with van der Waals surface area (Å²) in [4.78, 5) is 14.2. The summed E-state index contributed by atoms with van der Waals surface area (Å²) < 4.78 is 1.73. The van der Waals surface area contributed by atoms with E-state index in [9.17, 15) is 4.79 Å². The van der Waals surface area contributed by atoms with Gasteiger partial charge in [-0.2, -0.15) is 0 Å². The van der Waals surface area contributed by atoms with E-state index in [1.54, 1.807) is 28.9 Å². The summed E-state index contributed by atoms with van der Waals surface area (Å²) in [5, 5.41) is 18.4. The normalized spacial score (nSPS) is 11.0. The number of nitrogens with one attached hydrogen (secondary N) is 1. The minimum atomic E-state index is -0.927. The first-order valence-electron chi connectivity index (χ1n) is 7.49. The molecule has 0 fully saturated rings. The highest BCUT2D eigenvalue weighted by Crippen LogP contribution is 2.22. The molecule has 0 amide bonds. The standard InChI is InChI=1S/C18H14N4O2/c23-18(24)13-7-5-12(6-8-13)10-22-11-17(20-21-22)16-9-14-3-1-2-4-15(14)19-16/h1-9,11,19H,10H2,(H,23,24). The Morgan fingerprint density at radius 3 is 2.67 bits per heavy atom. The van der Waals surface area contributed by atoms with Crippen molar-refractivity contribution >= 4 is 16.9 Å². The molecule has 4 aromatic rings. The Hall–Kier alpha value is -3.41. The first-order valence-corrected chi connectivity index (χ1v) is 7.49. The molecule has 0 unspecified atom stereocenters. The van der Waals surface area contributed by atoms with E-state index in [1.165, 1.54) is 0 Å². The topological polar surface area (TPSA) is 83.8 Å². The number of fused-ring (bicyclic) bond motifs is 1. The van der Waals surface area contributed by atoms with Gasteiger partial charge < -0.3 is 10.1 Å². The molecule has 2 aromatic heterocycles. The molecule has 0 bridgehead atoms. The average molecular weight is 318 g/mol. The number of rotatable bonds is 4. The number of aromatic amines is 1. The predicted octanol–water partition coefficient (Wildman–Crippen LogP) is 3.17. The van der Waals surface area contributed by atoms with Gasteiger partial charge in [0.2, 0.25) is 0 Å². The highest BCUT2D eigenvalue weighted by atomic mass is 16.4. The van der Waals surface area contributed by atoms with Gasteiger partial charge in [0.05, 0.1) is 24.0 Å². The van der Waals surface area contributed by atoms with Crippen molar-refractivity contribution < 1.29 is 9.90 Å². The molecular formula is C18H14N4O2. The quantitative estimate of drug-likeness (QED) is 0.605. The Morgan fingerprint density at radius 2 is 1.92 bits per heavy atom. The van der Waals surface area contributed by atoms with E-state index in [4.69, 9.17) is 5.11 Å². The van der Waals surface area contributed by atoms with Crippen LogP contribution < -0.4 is 0 Å². The van der Waals surface area contributed by atoms with Crippen molar-refractivity contribution in [2.45, 2.75) is 6.54 Å². The molecule has 0 atom stereocenters. The number of carbonyl (C=O) groups is 1. The number of aromatic nitrogens is 4. The van der Waals surface area contributed by atoms with Crippen molar-refractivity contribution in [1.82, 2.24) is 20.0 Å². The fourth-order valence-electron chi connectivity index (χ4n) is 2.65. The monoisotopic (exact) mass is 318 g/mol. The molecule has 2 aromatic carbocycles. The second-order valence-electron chi connectivity index (χ2n) is 5.57. The van der Waals surface area contributed by atoms with E-state index in [1.807, 2.05) is 36.5 Å². The maximum absolute atomic E-state index is 10.9. The Bertz CT molecular complexity index is 982. The Labute approximate surface area is 137 Å². The van der Waals surface area contributed by atoms with Crippen LogP contribution in [-0.4, -0.2) is 31.1 Å². The van der Waals surface area contributed by atoms with Crippen molar-refractivity contribution in [3.63, 3.8) is 0 Å². The average Bonchev–Trinajstić information content (AvgIpc) is 3.21. The molecule has 6 heteroatoms. The van der Waals surface area contributed by atoms with Crippen LogP contribution in [-0.2, 0) is 6.54 Å². The van der Waals surface area contributed by atoms with Gasteiger partial charge in [0.25, 0.3) is 0 Å². The summed E-state index contributed by atoms with van der Waals surface area (Å²) in [6.45, 7) is 0.535. The van der Waals surface area contributed by atoms with Gasteiger partial charge in [-0.3, -0.25) is 0 Å². The van der Waals surface area contributed by atoms with Gasteiger partial charge in [-0.05, 0) is 29.8 Å². The molecule has 0 saturated carbocycles. The van der Waals surface area contributed by atoms with Crippen molar-refractivity contribution in [3.8, 4) is 11.4 Å². The molecule has 0 aliphatic rings. The lowest BCUT2D eigenvalue weighted by Crippen LogP contribution is -2.01. The number of aromatic carboxylic acids is 1. The second kappa shape index (κ2) is 5.66. The zero-order chi connectivity index (χ0) is 16.5. The van der Waals surface area contributed by atoms with Crippen LogP contribution in [0.1, 0.15) is 15.9 Å². The van der Waals surface area contributed by atoms with E-state index >= 15 is 0 Å². The van der Waals surface area contributed by atoms with Crippen molar-refractivity contribution in [3.05, 3.63) is 71.9 Å². The van der Waals surface area contributed by atoms with Gasteiger partial charge in [-0.15, -0.1) is 5.10 Å². The summed E-state index contributed by atoms with van der Waals surface area (Å²) in [6.07, 6.45) is 1.87. The lowest BCUT2D eigenvalue weighted by atomic mass is 10.1. The van der Waals surface area contributed by atoms with Crippen molar-refractivity contribution in [2.24, 2.45) is 0 Å². The Morgan fingerprint density at radius 1 is 1.12 bits per heavy atom. The molecule has 0 radical (unpaired) electrons. The summed E-state index contributed by atoms with van der Waals surface area (Å²) >= 11 is 0. The Kier molecular flexibility index (Phi) is 3.35. The van der Waals surface area contributed by atoms with E-state index in [2.05, 4.69) is 15.3 Å². The number of carboxylic acid groups (broad SMARTS) is 1. The summed E-state index contributed by atoms with van der Waals surface area (Å²) in [5.41, 5.74) is 3.99. The summed E-state index contributed by atoms with van der Waals surface area (Å²) in [7, 11) is 0. The van der Waals surface area contributed by atoms with Crippen LogP contribution in [0.15, 0.2) is 60.8 Å². The van der Waals surface area contributed by atoms with E-state index in [0.717, 1.165) is 27.9 Å². The van der Waals surface area contributed by atoms with E-state index in [-0.39, 0.29) is 5.56 Å². The van der Waals surface area contributed by atoms with Crippen molar-refractivity contribution in [1.29, 1.82) is 0 Å². The summed E-state index contributed by atoms with van der Waals surface area (Å²) in [6, 6.07) is 16.8. The number of para-hydroxylation sites is 1. The highest BCUT2D eigenvalue weighted by molar-refractivity contribution is 5.87. The fraction of sp³-hybridized carbons (Fsp3) is 0.0556. The van der Waals surface area contributed by atoms with E-state index in [0.29, 0.717) is 6.54 Å². The lowest BCUT2D eigenvalue weighted by Gasteiger charge is -2.01. The maximum atomic E-state index is 10.9. The number of benzene rings is 2. The molecule has 2 heterocycles. The van der Waals surface area contributed by atoms with Crippen LogP contribution in [0.2, 0.25) is 0 Å². The van der Waals surface area contributed by atoms with Gasteiger partial charge >= 0.3 is 5.97 Å².